The molecular formula is C23H19N2O2P. The molecule has 1 atom stereocenters. The SMILES string of the molecule is COc1ccc(C(C(C#N)C#N)P(=O)(c2ccccc2)c2ccccc2)cc1. The van der Waals surface area contributed by atoms with Crippen LogP contribution in [0.3, 0.4) is 0 Å². The van der Waals surface area contributed by atoms with Gasteiger partial charge in [-0.2, -0.15) is 10.5 Å². The fraction of sp³-hybridized carbons (Fsp3) is 0.130. The molecule has 4 nitrogen and oxygen atoms in total. The first-order chi connectivity index (χ1) is 13.6. The van der Waals surface area contributed by atoms with Gasteiger partial charge in [-0.05, 0) is 17.7 Å². The second-order valence-corrected chi connectivity index (χ2v) is 9.19. The lowest BCUT2D eigenvalue weighted by Crippen LogP contribution is -2.25. The summed E-state index contributed by atoms with van der Waals surface area (Å²) < 4.78 is 19.9. The molecule has 0 aromatic heterocycles. The van der Waals surface area contributed by atoms with Gasteiger partial charge in [0.15, 0.2) is 7.14 Å². The average Bonchev–Trinajstić information content (AvgIpc) is 2.78. The number of hydrogen-bond donors (Lipinski definition) is 0. The standard InChI is InChI=1S/C23H19N2O2P/c1-27-20-14-12-18(13-15-20)23(19(16-24)17-25)28(26,21-8-4-2-5-9-21)22-10-6-3-7-11-22/h2-15,19,23H,1H3. The molecule has 0 amide bonds. The molecule has 0 aliphatic carbocycles. The van der Waals surface area contributed by atoms with E-state index in [1.165, 1.54) is 0 Å². The Bertz CT molecular complexity index is 994. The largest absolute Gasteiger partial charge is 0.497 e. The van der Waals surface area contributed by atoms with Crippen LogP contribution < -0.4 is 15.3 Å². The van der Waals surface area contributed by atoms with Crippen molar-refractivity contribution in [2.75, 3.05) is 7.11 Å². The summed E-state index contributed by atoms with van der Waals surface area (Å²) in [5.41, 5.74) is -0.122. The van der Waals surface area contributed by atoms with Crippen LogP contribution in [0.25, 0.3) is 0 Å². The van der Waals surface area contributed by atoms with Crippen molar-refractivity contribution in [2.24, 2.45) is 5.92 Å². The summed E-state index contributed by atoms with van der Waals surface area (Å²) in [6.45, 7) is 0. The Hall–Kier alpha value is -3.33. The van der Waals surface area contributed by atoms with Crippen molar-refractivity contribution in [3.05, 3.63) is 90.5 Å². The third kappa shape index (κ3) is 3.56. The van der Waals surface area contributed by atoms with E-state index in [9.17, 15) is 15.1 Å². The van der Waals surface area contributed by atoms with Crippen molar-refractivity contribution in [3.63, 3.8) is 0 Å². The maximum absolute atomic E-state index is 14.7. The van der Waals surface area contributed by atoms with Crippen LogP contribution in [0.15, 0.2) is 84.9 Å². The number of ether oxygens (including phenoxy) is 1. The third-order valence-electron chi connectivity index (χ3n) is 4.72. The minimum Gasteiger partial charge on any atom is -0.497 e. The van der Waals surface area contributed by atoms with E-state index in [1.54, 1.807) is 55.6 Å². The van der Waals surface area contributed by atoms with Gasteiger partial charge < -0.3 is 9.30 Å². The molecule has 1 unspecified atom stereocenters. The zero-order valence-corrected chi connectivity index (χ0v) is 16.3. The van der Waals surface area contributed by atoms with E-state index in [0.717, 1.165) is 0 Å². The molecule has 0 saturated heterocycles. The smallest absolute Gasteiger partial charge is 0.152 e. The molecule has 0 bridgehead atoms. The molecule has 0 aliphatic rings. The number of nitrogens with zero attached hydrogens (tertiary/aromatic N) is 2. The van der Waals surface area contributed by atoms with E-state index >= 15 is 0 Å². The van der Waals surface area contributed by atoms with E-state index in [1.807, 2.05) is 36.4 Å². The van der Waals surface area contributed by atoms with Crippen molar-refractivity contribution in [1.82, 2.24) is 0 Å². The van der Waals surface area contributed by atoms with Crippen LogP contribution in [0, 0.1) is 28.6 Å². The zero-order chi connectivity index (χ0) is 20.0. The summed E-state index contributed by atoms with van der Waals surface area (Å²) in [4.78, 5) is 0. The van der Waals surface area contributed by atoms with Gasteiger partial charge >= 0.3 is 0 Å². The third-order valence-corrected chi connectivity index (χ3v) is 8.23. The lowest BCUT2D eigenvalue weighted by molar-refractivity contribution is 0.414. The second-order valence-electron chi connectivity index (χ2n) is 6.28. The molecule has 3 aromatic rings. The van der Waals surface area contributed by atoms with Gasteiger partial charge in [-0.15, -0.1) is 0 Å². The van der Waals surface area contributed by atoms with E-state index < -0.39 is 18.7 Å². The minimum atomic E-state index is -3.35. The quantitative estimate of drug-likeness (QED) is 0.588. The highest BCUT2D eigenvalue weighted by atomic mass is 31.2. The highest BCUT2D eigenvalue weighted by Gasteiger charge is 2.43. The molecule has 3 aromatic carbocycles. The predicted molar refractivity (Wildman–Crippen MR) is 110 cm³/mol. The Balaban J connectivity index is 2.30. The summed E-state index contributed by atoms with van der Waals surface area (Å²) in [5, 5.41) is 20.6. The summed E-state index contributed by atoms with van der Waals surface area (Å²) in [7, 11) is -1.79. The van der Waals surface area contributed by atoms with Crippen molar-refractivity contribution in [3.8, 4) is 17.9 Å². The molecule has 138 valence electrons. The number of rotatable bonds is 6. The number of methoxy groups -OCH3 is 1. The summed E-state index contributed by atoms with van der Waals surface area (Å²) in [6.07, 6.45) is 0. The van der Waals surface area contributed by atoms with Crippen LogP contribution in [-0.4, -0.2) is 7.11 Å². The van der Waals surface area contributed by atoms with Crippen LogP contribution in [0.2, 0.25) is 0 Å². The molecule has 5 heteroatoms. The predicted octanol–water partition coefficient (Wildman–Crippen LogP) is 4.41. The Morgan fingerprint density at radius 2 is 1.25 bits per heavy atom. The van der Waals surface area contributed by atoms with E-state index in [0.29, 0.717) is 21.9 Å². The van der Waals surface area contributed by atoms with E-state index in [2.05, 4.69) is 12.1 Å². The van der Waals surface area contributed by atoms with Crippen LogP contribution >= 0.6 is 7.14 Å². The fourth-order valence-corrected chi connectivity index (χ4v) is 6.67. The van der Waals surface area contributed by atoms with Gasteiger partial charge in [-0.1, -0.05) is 72.8 Å². The maximum Gasteiger partial charge on any atom is 0.152 e. The number of nitriles is 2. The Morgan fingerprint density at radius 3 is 1.64 bits per heavy atom. The van der Waals surface area contributed by atoms with Crippen molar-refractivity contribution >= 4 is 17.8 Å². The zero-order valence-electron chi connectivity index (χ0n) is 15.4. The molecule has 0 N–H and O–H groups in total. The topological polar surface area (TPSA) is 73.9 Å². The maximum atomic E-state index is 14.7. The van der Waals surface area contributed by atoms with Gasteiger partial charge in [0, 0.05) is 10.6 Å². The van der Waals surface area contributed by atoms with Crippen LogP contribution in [0.1, 0.15) is 11.2 Å². The molecule has 0 heterocycles. The summed E-state index contributed by atoms with van der Waals surface area (Å²) in [5.74, 6) is -0.415. The van der Waals surface area contributed by atoms with Crippen LogP contribution in [0.4, 0.5) is 0 Å². The Morgan fingerprint density at radius 1 is 0.786 bits per heavy atom. The van der Waals surface area contributed by atoms with E-state index in [-0.39, 0.29) is 0 Å². The van der Waals surface area contributed by atoms with Gasteiger partial charge in [0.1, 0.15) is 11.7 Å². The van der Waals surface area contributed by atoms with Crippen LogP contribution in [-0.2, 0) is 4.57 Å². The van der Waals surface area contributed by atoms with Crippen molar-refractivity contribution < 1.29 is 9.30 Å². The molecule has 0 saturated carbocycles. The Kier molecular flexibility index (Phi) is 5.95. The van der Waals surface area contributed by atoms with Crippen molar-refractivity contribution in [1.29, 1.82) is 10.5 Å². The first-order valence-electron chi connectivity index (χ1n) is 8.79. The highest BCUT2D eigenvalue weighted by molar-refractivity contribution is 7.79. The summed E-state index contributed by atoms with van der Waals surface area (Å²) >= 11 is 0. The first kappa shape index (κ1) is 19.4. The fourth-order valence-electron chi connectivity index (χ4n) is 3.35. The lowest BCUT2D eigenvalue weighted by atomic mass is 10.0. The molecular weight excluding hydrogens is 367 g/mol. The number of hydrogen-bond acceptors (Lipinski definition) is 4. The Labute approximate surface area is 165 Å². The minimum absolute atomic E-state index is 0.623. The molecule has 0 spiro atoms. The van der Waals surface area contributed by atoms with E-state index in [4.69, 9.17) is 4.74 Å². The van der Waals surface area contributed by atoms with Crippen molar-refractivity contribution in [2.45, 2.75) is 5.66 Å². The van der Waals surface area contributed by atoms with Gasteiger partial charge in [0.25, 0.3) is 0 Å². The molecule has 28 heavy (non-hydrogen) atoms. The highest BCUT2D eigenvalue weighted by Crippen LogP contribution is 2.60. The lowest BCUT2D eigenvalue weighted by Gasteiger charge is -2.30. The number of benzene rings is 3. The average molecular weight is 386 g/mol. The van der Waals surface area contributed by atoms with Crippen LogP contribution in [0.5, 0.6) is 5.75 Å². The first-order valence-corrected chi connectivity index (χ1v) is 10.6. The van der Waals surface area contributed by atoms with Gasteiger partial charge in [0.05, 0.1) is 24.9 Å². The second kappa shape index (κ2) is 8.57. The van der Waals surface area contributed by atoms with Gasteiger partial charge in [0.2, 0.25) is 0 Å². The molecule has 0 fully saturated rings. The summed E-state index contributed by atoms with van der Waals surface area (Å²) in [6, 6.07) is 29.4. The van der Waals surface area contributed by atoms with Gasteiger partial charge in [-0.25, -0.2) is 0 Å². The van der Waals surface area contributed by atoms with Gasteiger partial charge in [-0.3, -0.25) is 0 Å². The molecule has 0 radical (unpaired) electrons. The molecule has 3 rings (SSSR count). The molecule has 0 aliphatic heterocycles. The normalized spacial score (nSPS) is 12.0. The monoisotopic (exact) mass is 386 g/mol.